The maximum atomic E-state index is 12.0. The summed E-state index contributed by atoms with van der Waals surface area (Å²) in [5.41, 5.74) is -0.747. The van der Waals surface area contributed by atoms with Crippen molar-refractivity contribution in [3.8, 4) is 0 Å². The third-order valence-electron chi connectivity index (χ3n) is 5.32. The Labute approximate surface area is 127 Å². The molecule has 4 nitrogen and oxygen atoms in total. The van der Waals surface area contributed by atoms with Crippen molar-refractivity contribution in [1.82, 2.24) is 0 Å². The zero-order valence-electron chi connectivity index (χ0n) is 13.8. The van der Waals surface area contributed by atoms with Gasteiger partial charge < -0.3 is 10.2 Å². The Balaban J connectivity index is 2.92. The lowest BCUT2D eigenvalue weighted by atomic mass is 9.57. The molecule has 0 bridgehead atoms. The van der Waals surface area contributed by atoms with Crippen LogP contribution < -0.4 is 0 Å². The second-order valence-electron chi connectivity index (χ2n) is 7.33. The molecule has 3 atom stereocenters. The predicted octanol–water partition coefficient (Wildman–Crippen LogP) is 4.04. The number of aliphatic carboxylic acids is 2. The fourth-order valence-corrected chi connectivity index (χ4v) is 3.95. The molecule has 1 saturated carbocycles. The summed E-state index contributed by atoms with van der Waals surface area (Å²) in [5, 5.41) is 19.1. The SMILES string of the molecule is CC(C)CCCC1CC(C(=O)O)CCC1(C(=O)O)C(C)C. The summed E-state index contributed by atoms with van der Waals surface area (Å²) in [6.07, 6.45) is 4.37. The summed E-state index contributed by atoms with van der Waals surface area (Å²) >= 11 is 0. The van der Waals surface area contributed by atoms with Gasteiger partial charge in [-0.1, -0.05) is 40.5 Å². The van der Waals surface area contributed by atoms with E-state index < -0.39 is 17.4 Å². The molecular formula is C17H30O4. The van der Waals surface area contributed by atoms with Crippen molar-refractivity contribution in [3.63, 3.8) is 0 Å². The average Bonchev–Trinajstić information content (AvgIpc) is 2.37. The van der Waals surface area contributed by atoms with Crippen LogP contribution in [0.2, 0.25) is 0 Å². The van der Waals surface area contributed by atoms with E-state index >= 15 is 0 Å². The Morgan fingerprint density at radius 1 is 1.19 bits per heavy atom. The molecule has 0 saturated heterocycles. The van der Waals surface area contributed by atoms with Crippen LogP contribution in [0, 0.1) is 29.1 Å². The summed E-state index contributed by atoms with van der Waals surface area (Å²) in [6, 6.07) is 0. The van der Waals surface area contributed by atoms with Crippen LogP contribution in [0.1, 0.15) is 66.2 Å². The standard InChI is InChI=1S/C17H30O4/c1-11(2)6-5-7-14-10-13(15(18)19)8-9-17(14,12(3)4)16(20)21/h11-14H,5-10H2,1-4H3,(H,18,19)(H,20,21). The Hall–Kier alpha value is -1.06. The molecule has 0 aromatic rings. The van der Waals surface area contributed by atoms with Gasteiger partial charge in [0.05, 0.1) is 11.3 Å². The zero-order chi connectivity index (χ0) is 16.2. The van der Waals surface area contributed by atoms with Crippen LogP contribution in [-0.4, -0.2) is 22.2 Å². The van der Waals surface area contributed by atoms with E-state index in [4.69, 9.17) is 0 Å². The van der Waals surface area contributed by atoms with Crippen LogP contribution in [0.25, 0.3) is 0 Å². The molecule has 21 heavy (non-hydrogen) atoms. The molecule has 0 aromatic heterocycles. The van der Waals surface area contributed by atoms with Gasteiger partial charge in [-0.2, -0.15) is 0 Å². The first-order valence-electron chi connectivity index (χ1n) is 8.18. The highest BCUT2D eigenvalue weighted by Gasteiger charge is 2.51. The molecule has 0 spiro atoms. The van der Waals surface area contributed by atoms with Crippen LogP contribution in [0.3, 0.4) is 0 Å². The highest BCUT2D eigenvalue weighted by molar-refractivity contribution is 5.77. The van der Waals surface area contributed by atoms with Gasteiger partial charge >= 0.3 is 11.9 Å². The summed E-state index contributed by atoms with van der Waals surface area (Å²) < 4.78 is 0. The fourth-order valence-electron chi connectivity index (χ4n) is 3.95. The minimum Gasteiger partial charge on any atom is -0.481 e. The number of carboxylic acid groups (broad SMARTS) is 2. The van der Waals surface area contributed by atoms with E-state index in [-0.39, 0.29) is 17.8 Å². The van der Waals surface area contributed by atoms with Crippen LogP contribution in [0.15, 0.2) is 0 Å². The lowest BCUT2D eigenvalue weighted by Crippen LogP contribution is -2.48. The lowest BCUT2D eigenvalue weighted by Gasteiger charge is -2.46. The third-order valence-corrected chi connectivity index (χ3v) is 5.32. The molecule has 1 aliphatic rings. The quantitative estimate of drug-likeness (QED) is 0.744. The van der Waals surface area contributed by atoms with Gasteiger partial charge in [-0.15, -0.1) is 0 Å². The lowest BCUT2D eigenvalue weighted by molar-refractivity contribution is -0.165. The highest BCUT2D eigenvalue weighted by Crippen LogP contribution is 2.51. The normalized spacial score (nSPS) is 29.8. The molecule has 0 radical (unpaired) electrons. The van der Waals surface area contributed by atoms with Gasteiger partial charge in [-0.25, -0.2) is 0 Å². The first-order valence-corrected chi connectivity index (χ1v) is 8.18. The minimum absolute atomic E-state index is 0.0244. The van der Waals surface area contributed by atoms with Crippen LogP contribution in [-0.2, 0) is 9.59 Å². The second-order valence-corrected chi connectivity index (χ2v) is 7.33. The van der Waals surface area contributed by atoms with Crippen molar-refractivity contribution in [2.45, 2.75) is 66.2 Å². The highest BCUT2D eigenvalue weighted by atomic mass is 16.4. The van der Waals surface area contributed by atoms with Gasteiger partial charge in [0.25, 0.3) is 0 Å². The molecule has 1 fully saturated rings. The molecule has 3 unspecified atom stereocenters. The van der Waals surface area contributed by atoms with Crippen molar-refractivity contribution in [3.05, 3.63) is 0 Å². The van der Waals surface area contributed by atoms with Gasteiger partial charge in [0.1, 0.15) is 0 Å². The van der Waals surface area contributed by atoms with Gasteiger partial charge in [-0.05, 0) is 43.4 Å². The number of carboxylic acids is 2. The summed E-state index contributed by atoms with van der Waals surface area (Å²) in [4.78, 5) is 23.2. The van der Waals surface area contributed by atoms with Gasteiger partial charge in [0.2, 0.25) is 0 Å². The first-order chi connectivity index (χ1) is 9.71. The van der Waals surface area contributed by atoms with E-state index in [2.05, 4.69) is 13.8 Å². The predicted molar refractivity (Wildman–Crippen MR) is 82.1 cm³/mol. The maximum Gasteiger partial charge on any atom is 0.310 e. The molecule has 0 heterocycles. The molecular weight excluding hydrogens is 268 g/mol. The average molecular weight is 298 g/mol. The van der Waals surface area contributed by atoms with Crippen molar-refractivity contribution in [2.24, 2.45) is 29.1 Å². The van der Waals surface area contributed by atoms with Crippen molar-refractivity contribution >= 4 is 11.9 Å². The minimum atomic E-state index is -0.772. The van der Waals surface area contributed by atoms with Crippen molar-refractivity contribution in [1.29, 1.82) is 0 Å². The Morgan fingerprint density at radius 2 is 1.81 bits per heavy atom. The topological polar surface area (TPSA) is 74.6 Å². The van der Waals surface area contributed by atoms with E-state index in [1.54, 1.807) is 0 Å². The van der Waals surface area contributed by atoms with Crippen molar-refractivity contribution < 1.29 is 19.8 Å². The second kappa shape index (κ2) is 7.28. The number of rotatable bonds is 7. The molecule has 2 N–H and O–H groups in total. The number of hydrogen-bond donors (Lipinski definition) is 2. The number of hydrogen-bond acceptors (Lipinski definition) is 2. The Kier molecular flexibility index (Phi) is 6.24. The molecule has 4 heteroatoms. The molecule has 0 amide bonds. The Morgan fingerprint density at radius 3 is 2.24 bits per heavy atom. The largest absolute Gasteiger partial charge is 0.481 e. The van der Waals surface area contributed by atoms with Crippen molar-refractivity contribution in [2.75, 3.05) is 0 Å². The van der Waals surface area contributed by atoms with E-state index in [1.165, 1.54) is 0 Å². The molecule has 1 rings (SSSR count). The Bertz CT molecular complexity index is 375. The number of carbonyl (C=O) groups is 2. The smallest absolute Gasteiger partial charge is 0.310 e. The van der Waals surface area contributed by atoms with E-state index in [1.807, 2.05) is 13.8 Å². The fraction of sp³-hybridized carbons (Fsp3) is 0.882. The summed E-state index contributed by atoms with van der Waals surface area (Å²) in [6.45, 7) is 8.25. The molecule has 0 aliphatic heterocycles. The van der Waals surface area contributed by atoms with Crippen LogP contribution in [0.4, 0.5) is 0 Å². The van der Waals surface area contributed by atoms with Crippen LogP contribution >= 0.6 is 0 Å². The third kappa shape index (κ3) is 3.98. The molecule has 122 valence electrons. The van der Waals surface area contributed by atoms with Gasteiger partial charge in [-0.3, -0.25) is 9.59 Å². The molecule has 0 aromatic carbocycles. The molecule has 1 aliphatic carbocycles. The zero-order valence-corrected chi connectivity index (χ0v) is 13.8. The maximum absolute atomic E-state index is 12.0. The van der Waals surface area contributed by atoms with Crippen LogP contribution in [0.5, 0.6) is 0 Å². The first kappa shape index (κ1) is 18.0. The van der Waals surface area contributed by atoms with Gasteiger partial charge in [0.15, 0.2) is 0 Å². The van der Waals surface area contributed by atoms with Gasteiger partial charge in [0, 0.05) is 0 Å². The summed E-state index contributed by atoms with van der Waals surface area (Å²) in [5.74, 6) is -1.28. The van der Waals surface area contributed by atoms with E-state index in [9.17, 15) is 19.8 Å². The van der Waals surface area contributed by atoms with E-state index in [0.717, 1.165) is 19.3 Å². The monoisotopic (exact) mass is 298 g/mol. The van der Waals surface area contributed by atoms with E-state index in [0.29, 0.717) is 25.2 Å². The summed E-state index contributed by atoms with van der Waals surface area (Å²) in [7, 11) is 0.